The molecule has 0 bridgehead atoms. The lowest BCUT2D eigenvalue weighted by Gasteiger charge is -2.49. The molecule has 1 aliphatic heterocycles. The second-order valence-corrected chi connectivity index (χ2v) is 8.15. The van der Waals surface area contributed by atoms with Gasteiger partial charge in [-0.25, -0.2) is 0 Å². The Hall–Kier alpha value is -1.08. The third kappa shape index (κ3) is 4.80. The zero-order valence-corrected chi connectivity index (χ0v) is 16.6. The first-order valence-electron chi connectivity index (χ1n) is 9.43. The number of carbonyl (C=O) groups is 1. The van der Waals surface area contributed by atoms with Gasteiger partial charge in [-0.3, -0.25) is 9.69 Å². The van der Waals surface area contributed by atoms with Crippen LogP contribution in [0.3, 0.4) is 0 Å². The first-order valence-corrected chi connectivity index (χ1v) is 10.7. The second-order valence-electron chi connectivity index (χ2n) is 7.27. The quantitative estimate of drug-likeness (QED) is 0.772. The number of hydrogen-bond donors (Lipinski definition) is 1. The van der Waals surface area contributed by atoms with Crippen LogP contribution >= 0.6 is 11.8 Å². The van der Waals surface area contributed by atoms with Gasteiger partial charge >= 0.3 is 0 Å². The van der Waals surface area contributed by atoms with E-state index in [4.69, 9.17) is 9.47 Å². The number of rotatable bonds is 6. The van der Waals surface area contributed by atoms with Crippen molar-refractivity contribution in [3.63, 3.8) is 0 Å². The topological polar surface area (TPSA) is 50.8 Å². The number of morpholine rings is 1. The summed E-state index contributed by atoms with van der Waals surface area (Å²) in [5.41, 5.74) is 1.06. The van der Waals surface area contributed by atoms with E-state index < -0.39 is 0 Å². The maximum absolute atomic E-state index is 12.1. The third-order valence-corrected chi connectivity index (χ3v) is 6.19. The zero-order chi connectivity index (χ0) is 18.4. The summed E-state index contributed by atoms with van der Waals surface area (Å²) in [5, 5.41) is 3.16. The van der Waals surface area contributed by atoms with E-state index in [0.717, 1.165) is 51.9 Å². The lowest BCUT2D eigenvalue weighted by atomic mass is 9.78. The molecule has 144 valence electrons. The van der Waals surface area contributed by atoms with Crippen LogP contribution in [0.2, 0.25) is 0 Å². The van der Waals surface area contributed by atoms with E-state index in [0.29, 0.717) is 0 Å². The van der Waals surface area contributed by atoms with E-state index in [2.05, 4.69) is 40.7 Å². The molecular weight excluding hydrogens is 348 g/mol. The SMILES string of the molecule is COCC(=O)N[C@@H]1CCCC[C@@]12CN(Cc1ccc(SC)cc1)CCO2. The largest absolute Gasteiger partial charge is 0.375 e. The number of nitrogens with one attached hydrogen (secondary N) is 1. The molecule has 1 saturated carbocycles. The molecule has 1 N–H and O–H groups in total. The summed E-state index contributed by atoms with van der Waals surface area (Å²) in [7, 11) is 1.55. The average molecular weight is 379 g/mol. The van der Waals surface area contributed by atoms with Crippen LogP contribution in [0.4, 0.5) is 0 Å². The molecule has 1 heterocycles. The highest BCUT2D eigenvalue weighted by Crippen LogP contribution is 2.35. The van der Waals surface area contributed by atoms with Gasteiger partial charge in [0, 0.05) is 31.6 Å². The van der Waals surface area contributed by atoms with Crippen molar-refractivity contribution in [3.05, 3.63) is 29.8 Å². The summed E-state index contributed by atoms with van der Waals surface area (Å²) >= 11 is 1.77. The Morgan fingerprint density at radius 2 is 2.19 bits per heavy atom. The molecule has 1 amide bonds. The van der Waals surface area contributed by atoms with Crippen molar-refractivity contribution in [1.82, 2.24) is 10.2 Å². The lowest BCUT2D eigenvalue weighted by molar-refractivity contribution is -0.152. The molecule has 1 saturated heterocycles. The number of carbonyl (C=O) groups excluding carboxylic acids is 1. The molecule has 2 atom stereocenters. The molecule has 1 aromatic carbocycles. The van der Waals surface area contributed by atoms with Gasteiger partial charge in [-0.1, -0.05) is 25.0 Å². The standard InChI is InChI=1S/C20H30N2O3S/c1-24-14-19(23)21-18-5-3-4-10-20(18)15-22(11-12-25-20)13-16-6-8-17(26-2)9-7-16/h6-9,18H,3-5,10-15H2,1-2H3,(H,21,23)/t18-,20-/m1/s1. The maximum atomic E-state index is 12.1. The van der Waals surface area contributed by atoms with Crippen LogP contribution in [-0.2, 0) is 20.8 Å². The lowest BCUT2D eigenvalue weighted by Crippen LogP contribution is -2.64. The van der Waals surface area contributed by atoms with Gasteiger partial charge in [-0.05, 0) is 36.8 Å². The van der Waals surface area contributed by atoms with Gasteiger partial charge in [-0.15, -0.1) is 11.8 Å². The molecule has 0 aromatic heterocycles. The third-order valence-electron chi connectivity index (χ3n) is 5.44. The van der Waals surface area contributed by atoms with E-state index in [9.17, 15) is 4.79 Å². The van der Waals surface area contributed by atoms with Crippen LogP contribution < -0.4 is 5.32 Å². The van der Waals surface area contributed by atoms with E-state index in [1.54, 1.807) is 18.9 Å². The van der Waals surface area contributed by atoms with Gasteiger partial charge in [0.15, 0.2) is 0 Å². The van der Waals surface area contributed by atoms with E-state index in [-0.39, 0.29) is 24.2 Å². The Morgan fingerprint density at radius 3 is 2.92 bits per heavy atom. The van der Waals surface area contributed by atoms with E-state index >= 15 is 0 Å². The van der Waals surface area contributed by atoms with Crippen molar-refractivity contribution >= 4 is 17.7 Å². The number of amides is 1. The fourth-order valence-corrected chi connectivity index (χ4v) is 4.56. The molecule has 1 aliphatic carbocycles. The minimum absolute atomic E-state index is 0.0489. The van der Waals surface area contributed by atoms with Crippen LogP contribution in [-0.4, -0.2) is 62.1 Å². The number of nitrogens with zero attached hydrogens (tertiary/aromatic N) is 1. The van der Waals surface area contributed by atoms with Gasteiger partial charge in [-0.2, -0.15) is 0 Å². The number of methoxy groups -OCH3 is 1. The number of thioether (sulfide) groups is 1. The Balaban J connectivity index is 1.66. The first kappa shape index (κ1) is 19.7. The smallest absolute Gasteiger partial charge is 0.246 e. The highest BCUT2D eigenvalue weighted by Gasteiger charge is 2.45. The first-order chi connectivity index (χ1) is 12.6. The van der Waals surface area contributed by atoms with E-state index in [1.807, 2.05) is 0 Å². The van der Waals surface area contributed by atoms with Crippen molar-refractivity contribution in [2.24, 2.45) is 0 Å². The van der Waals surface area contributed by atoms with Crippen LogP contribution in [0.15, 0.2) is 29.2 Å². The number of hydrogen-bond acceptors (Lipinski definition) is 5. The summed E-state index contributed by atoms with van der Waals surface area (Å²) < 4.78 is 11.3. The molecule has 5 nitrogen and oxygen atoms in total. The Labute approximate surface area is 160 Å². The number of benzene rings is 1. The molecule has 1 aromatic rings. The van der Waals surface area contributed by atoms with Crippen molar-refractivity contribution in [2.75, 3.05) is 39.7 Å². The fourth-order valence-electron chi connectivity index (χ4n) is 4.15. The monoisotopic (exact) mass is 378 g/mol. The Morgan fingerprint density at radius 1 is 1.38 bits per heavy atom. The molecule has 6 heteroatoms. The zero-order valence-electron chi connectivity index (χ0n) is 15.8. The van der Waals surface area contributed by atoms with Crippen LogP contribution in [0, 0.1) is 0 Å². The summed E-state index contributed by atoms with van der Waals surface area (Å²) in [5.74, 6) is -0.0489. The van der Waals surface area contributed by atoms with Crippen LogP contribution in [0.1, 0.15) is 31.2 Å². The fraction of sp³-hybridized carbons (Fsp3) is 0.650. The molecular formula is C20H30N2O3S. The van der Waals surface area contributed by atoms with E-state index in [1.165, 1.54) is 10.5 Å². The molecule has 26 heavy (non-hydrogen) atoms. The molecule has 2 aliphatic rings. The predicted octanol–water partition coefficient (Wildman–Crippen LogP) is 2.68. The predicted molar refractivity (Wildman–Crippen MR) is 104 cm³/mol. The normalized spacial score (nSPS) is 26.8. The molecule has 0 radical (unpaired) electrons. The average Bonchev–Trinajstić information content (AvgIpc) is 2.65. The van der Waals surface area contributed by atoms with Crippen molar-refractivity contribution in [1.29, 1.82) is 0 Å². The van der Waals surface area contributed by atoms with Gasteiger partial charge in [0.2, 0.25) is 5.91 Å². The second kappa shape index (κ2) is 9.22. The van der Waals surface area contributed by atoms with Crippen molar-refractivity contribution < 1.29 is 14.3 Å². The van der Waals surface area contributed by atoms with Crippen molar-refractivity contribution in [3.8, 4) is 0 Å². The van der Waals surface area contributed by atoms with Gasteiger partial charge in [0.05, 0.1) is 12.6 Å². The van der Waals surface area contributed by atoms with Crippen LogP contribution in [0.5, 0.6) is 0 Å². The minimum Gasteiger partial charge on any atom is -0.375 e. The maximum Gasteiger partial charge on any atom is 0.246 e. The van der Waals surface area contributed by atoms with Crippen molar-refractivity contribution in [2.45, 2.75) is 48.8 Å². The molecule has 1 spiro atoms. The van der Waals surface area contributed by atoms with Gasteiger partial charge in [0.25, 0.3) is 0 Å². The van der Waals surface area contributed by atoms with Gasteiger partial charge < -0.3 is 14.8 Å². The Kier molecular flexibility index (Phi) is 6.98. The molecule has 0 unspecified atom stereocenters. The summed E-state index contributed by atoms with van der Waals surface area (Å²) in [4.78, 5) is 15.8. The van der Waals surface area contributed by atoms with Crippen LogP contribution in [0.25, 0.3) is 0 Å². The minimum atomic E-state index is -0.265. The Bertz CT molecular complexity index is 591. The summed E-state index contributed by atoms with van der Waals surface area (Å²) in [6, 6.07) is 8.87. The highest BCUT2D eigenvalue weighted by atomic mass is 32.2. The molecule has 3 rings (SSSR count). The van der Waals surface area contributed by atoms with Gasteiger partial charge in [0.1, 0.15) is 12.2 Å². The molecule has 2 fully saturated rings. The summed E-state index contributed by atoms with van der Waals surface area (Å²) in [6.45, 7) is 3.57. The summed E-state index contributed by atoms with van der Waals surface area (Å²) in [6.07, 6.45) is 6.38. The highest BCUT2D eigenvalue weighted by molar-refractivity contribution is 7.98. The number of ether oxygens (including phenoxy) is 2.